The number of primary sulfonamides is 1. The van der Waals surface area contributed by atoms with Gasteiger partial charge in [0.05, 0.1) is 15.6 Å². The van der Waals surface area contributed by atoms with Crippen LogP contribution in [0, 0.1) is 5.82 Å². The number of hydrogen-bond acceptors (Lipinski definition) is 4. The molecule has 2 aromatic heterocycles. The van der Waals surface area contributed by atoms with Crippen molar-refractivity contribution in [2.45, 2.75) is 18.6 Å². The van der Waals surface area contributed by atoms with Crippen LogP contribution >= 0.6 is 23.2 Å². The Labute approximate surface area is 164 Å². The maximum atomic E-state index is 15.1. The van der Waals surface area contributed by atoms with Crippen LogP contribution in [-0.2, 0) is 10.0 Å². The van der Waals surface area contributed by atoms with Gasteiger partial charge in [0.15, 0.2) is 5.78 Å². The third kappa shape index (κ3) is 3.58. The first-order chi connectivity index (χ1) is 12.6. The van der Waals surface area contributed by atoms with E-state index in [1.165, 1.54) is 30.6 Å². The van der Waals surface area contributed by atoms with Gasteiger partial charge in [-0.3, -0.25) is 4.79 Å². The maximum absolute atomic E-state index is 15.1. The van der Waals surface area contributed by atoms with E-state index in [4.69, 9.17) is 28.3 Å². The van der Waals surface area contributed by atoms with Crippen molar-refractivity contribution < 1.29 is 17.6 Å². The molecule has 142 valence electrons. The van der Waals surface area contributed by atoms with Gasteiger partial charge in [-0.05, 0) is 18.6 Å². The van der Waals surface area contributed by atoms with Crippen LogP contribution in [0.3, 0.4) is 0 Å². The Morgan fingerprint density at radius 1 is 1.37 bits per heavy atom. The predicted octanol–water partition coefficient (Wildman–Crippen LogP) is 3.98. The molecule has 3 aromatic rings. The minimum atomic E-state index is -4.07. The van der Waals surface area contributed by atoms with Crippen LogP contribution in [0.15, 0.2) is 30.6 Å². The molecule has 0 aliphatic carbocycles. The minimum Gasteiger partial charge on any atom is -0.345 e. The van der Waals surface area contributed by atoms with Gasteiger partial charge in [0, 0.05) is 28.9 Å². The van der Waals surface area contributed by atoms with Gasteiger partial charge in [0.25, 0.3) is 0 Å². The number of nitrogens with one attached hydrogen (secondary N) is 1. The Kier molecular flexibility index (Phi) is 5.27. The summed E-state index contributed by atoms with van der Waals surface area (Å²) in [7, 11) is -4.07. The summed E-state index contributed by atoms with van der Waals surface area (Å²) in [6, 6.07) is 4.02. The van der Waals surface area contributed by atoms with E-state index in [1.54, 1.807) is 6.92 Å². The van der Waals surface area contributed by atoms with Crippen LogP contribution in [0.1, 0.15) is 40.1 Å². The first-order valence-corrected chi connectivity index (χ1v) is 10.2. The van der Waals surface area contributed by atoms with E-state index in [-0.39, 0.29) is 22.6 Å². The van der Waals surface area contributed by atoms with Gasteiger partial charge in [0.2, 0.25) is 10.0 Å². The number of H-pyrrole nitrogens is 1. The number of nitrogens with two attached hydrogens (primary N) is 1. The van der Waals surface area contributed by atoms with Crippen molar-refractivity contribution in [3.8, 4) is 0 Å². The van der Waals surface area contributed by atoms with E-state index in [0.29, 0.717) is 16.1 Å². The number of fused-ring (bicyclic) bond motifs is 1. The SMILES string of the molecule is CCC(c1ccc(Cl)c(C(=O)c2c[nH]c3ncc(Cl)cc23)c1F)S(N)(=O)=O. The second kappa shape index (κ2) is 7.20. The Morgan fingerprint density at radius 3 is 2.70 bits per heavy atom. The van der Waals surface area contributed by atoms with Crippen LogP contribution in [0.25, 0.3) is 11.0 Å². The van der Waals surface area contributed by atoms with Gasteiger partial charge in [-0.2, -0.15) is 0 Å². The van der Waals surface area contributed by atoms with Gasteiger partial charge < -0.3 is 4.98 Å². The molecule has 0 saturated heterocycles. The lowest BCUT2D eigenvalue weighted by Gasteiger charge is -2.16. The zero-order valence-corrected chi connectivity index (χ0v) is 16.3. The van der Waals surface area contributed by atoms with Crippen LogP contribution in [0.5, 0.6) is 0 Å². The van der Waals surface area contributed by atoms with Crippen molar-refractivity contribution in [1.82, 2.24) is 9.97 Å². The summed E-state index contributed by atoms with van der Waals surface area (Å²) < 4.78 is 38.7. The average Bonchev–Trinajstić information content (AvgIpc) is 2.99. The summed E-state index contributed by atoms with van der Waals surface area (Å²) in [6.45, 7) is 1.55. The Balaban J connectivity index is 2.20. The number of hydrogen-bond donors (Lipinski definition) is 2. The number of aromatic nitrogens is 2. The molecule has 10 heteroatoms. The molecular weight excluding hydrogens is 416 g/mol. The Morgan fingerprint density at radius 2 is 2.07 bits per heavy atom. The number of ketones is 1. The highest BCUT2D eigenvalue weighted by atomic mass is 35.5. The standard InChI is InChI=1S/C17H14Cl2FN3O3S/c1-2-13(27(21,25)26)9-3-4-12(19)14(15(9)20)16(24)11-7-23-17-10(11)5-8(18)6-22-17/h3-7,13H,2H2,1H3,(H,22,23)(H2,21,25,26). The highest BCUT2D eigenvalue weighted by Gasteiger charge is 2.30. The second-order valence-electron chi connectivity index (χ2n) is 5.89. The van der Waals surface area contributed by atoms with Crippen molar-refractivity contribution in [3.05, 3.63) is 63.1 Å². The second-order valence-corrected chi connectivity index (χ2v) is 8.48. The number of aromatic amines is 1. The maximum Gasteiger partial charge on any atom is 0.216 e. The molecule has 2 heterocycles. The van der Waals surface area contributed by atoms with E-state index in [2.05, 4.69) is 9.97 Å². The number of carbonyl (C=O) groups excluding carboxylic acids is 1. The summed E-state index contributed by atoms with van der Waals surface area (Å²) in [5.74, 6) is -1.74. The van der Waals surface area contributed by atoms with Crippen LogP contribution < -0.4 is 5.14 Å². The zero-order valence-electron chi connectivity index (χ0n) is 14.0. The number of halogens is 3. The smallest absolute Gasteiger partial charge is 0.216 e. The van der Waals surface area contributed by atoms with Crippen molar-refractivity contribution in [3.63, 3.8) is 0 Å². The summed E-state index contributed by atoms with van der Waals surface area (Å²) in [5.41, 5.74) is -0.131. The fourth-order valence-corrected chi connectivity index (χ4v) is 4.35. The minimum absolute atomic E-state index is 0.0393. The van der Waals surface area contributed by atoms with E-state index in [1.807, 2.05) is 0 Å². The van der Waals surface area contributed by atoms with Gasteiger partial charge in [-0.25, -0.2) is 22.9 Å². The molecule has 1 aromatic carbocycles. The lowest BCUT2D eigenvalue weighted by atomic mass is 9.98. The molecular formula is C17H14Cl2FN3O3S. The molecule has 3 rings (SSSR count). The third-order valence-electron chi connectivity index (χ3n) is 4.20. The van der Waals surface area contributed by atoms with Gasteiger partial charge in [0.1, 0.15) is 16.7 Å². The quantitative estimate of drug-likeness (QED) is 0.598. The first kappa shape index (κ1) is 19.8. The topological polar surface area (TPSA) is 106 Å². The van der Waals surface area contributed by atoms with E-state index >= 15 is 4.39 Å². The van der Waals surface area contributed by atoms with Gasteiger partial charge >= 0.3 is 0 Å². The largest absolute Gasteiger partial charge is 0.345 e. The van der Waals surface area contributed by atoms with Crippen molar-refractivity contribution >= 4 is 50.0 Å². The summed E-state index contributed by atoms with van der Waals surface area (Å²) in [5, 5.41) is 4.46. The summed E-state index contributed by atoms with van der Waals surface area (Å²) >= 11 is 12.0. The molecule has 0 fully saturated rings. The summed E-state index contributed by atoms with van der Waals surface area (Å²) in [6.07, 6.45) is 2.81. The van der Waals surface area contributed by atoms with Crippen molar-refractivity contribution in [1.29, 1.82) is 0 Å². The molecule has 0 aliphatic rings. The highest BCUT2D eigenvalue weighted by molar-refractivity contribution is 7.89. The molecule has 3 N–H and O–H groups in total. The third-order valence-corrected chi connectivity index (χ3v) is 6.11. The molecule has 27 heavy (non-hydrogen) atoms. The lowest BCUT2D eigenvalue weighted by molar-refractivity contribution is 0.103. The molecule has 0 amide bonds. The van der Waals surface area contributed by atoms with E-state index in [9.17, 15) is 13.2 Å². The lowest BCUT2D eigenvalue weighted by Crippen LogP contribution is -2.23. The number of carbonyl (C=O) groups is 1. The highest BCUT2D eigenvalue weighted by Crippen LogP contribution is 2.33. The van der Waals surface area contributed by atoms with E-state index < -0.39 is 32.4 Å². The molecule has 6 nitrogen and oxygen atoms in total. The number of pyridine rings is 1. The van der Waals surface area contributed by atoms with Crippen LogP contribution in [0.4, 0.5) is 4.39 Å². The van der Waals surface area contributed by atoms with Crippen LogP contribution in [-0.4, -0.2) is 24.2 Å². The molecule has 0 spiro atoms. The Bertz CT molecular complexity index is 1160. The predicted molar refractivity (Wildman–Crippen MR) is 102 cm³/mol. The number of rotatable bonds is 5. The van der Waals surface area contributed by atoms with Crippen molar-refractivity contribution in [2.24, 2.45) is 5.14 Å². The first-order valence-electron chi connectivity index (χ1n) is 7.82. The normalized spacial score (nSPS) is 13.1. The zero-order chi connectivity index (χ0) is 19.9. The fourth-order valence-electron chi connectivity index (χ4n) is 2.96. The molecule has 0 aliphatic heterocycles. The molecule has 1 atom stereocenters. The van der Waals surface area contributed by atoms with Crippen molar-refractivity contribution in [2.75, 3.05) is 0 Å². The number of nitrogens with zero attached hydrogens (tertiary/aromatic N) is 1. The van der Waals surface area contributed by atoms with E-state index in [0.717, 1.165) is 0 Å². The summed E-state index contributed by atoms with van der Waals surface area (Å²) in [4.78, 5) is 19.8. The fraction of sp³-hybridized carbons (Fsp3) is 0.176. The molecule has 0 bridgehead atoms. The number of benzene rings is 1. The molecule has 0 saturated carbocycles. The van der Waals surface area contributed by atoms with Gasteiger partial charge in [-0.15, -0.1) is 0 Å². The average molecular weight is 430 g/mol. The molecule has 1 unspecified atom stereocenters. The number of sulfonamides is 1. The van der Waals surface area contributed by atoms with Gasteiger partial charge in [-0.1, -0.05) is 36.2 Å². The van der Waals surface area contributed by atoms with Crippen LogP contribution in [0.2, 0.25) is 10.0 Å². The Hall–Kier alpha value is -2.00. The monoisotopic (exact) mass is 429 g/mol. The molecule has 0 radical (unpaired) electrons.